The van der Waals surface area contributed by atoms with E-state index in [0.717, 1.165) is 21.9 Å². The van der Waals surface area contributed by atoms with E-state index in [4.69, 9.17) is 11.6 Å². The maximum Gasteiger partial charge on any atom is 0.0836 e. The molecular formula is C18H15ClO. The molecule has 0 aromatic heterocycles. The molecule has 0 aliphatic carbocycles. The van der Waals surface area contributed by atoms with Gasteiger partial charge in [-0.05, 0) is 28.0 Å². The van der Waals surface area contributed by atoms with Gasteiger partial charge in [0, 0.05) is 11.4 Å². The van der Waals surface area contributed by atoms with Gasteiger partial charge in [-0.1, -0.05) is 72.3 Å². The molecule has 0 aliphatic rings. The van der Waals surface area contributed by atoms with Crippen LogP contribution in [0, 0.1) is 0 Å². The minimum Gasteiger partial charge on any atom is -0.388 e. The summed E-state index contributed by atoms with van der Waals surface area (Å²) in [5, 5.41) is 13.5. The van der Waals surface area contributed by atoms with Gasteiger partial charge in [0.2, 0.25) is 0 Å². The van der Waals surface area contributed by atoms with Gasteiger partial charge in [0.1, 0.15) is 0 Å². The average molecular weight is 283 g/mol. The first kappa shape index (κ1) is 13.2. The van der Waals surface area contributed by atoms with Gasteiger partial charge in [-0.3, -0.25) is 0 Å². The molecule has 0 heterocycles. The molecule has 0 bridgehead atoms. The fraction of sp³-hybridized carbons (Fsp3) is 0.111. The Labute approximate surface area is 123 Å². The van der Waals surface area contributed by atoms with Crippen LogP contribution < -0.4 is 0 Å². The highest BCUT2D eigenvalue weighted by Gasteiger charge is 2.13. The van der Waals surface area contributed by atoms with Gasteiger partial charge in [-0.2, -0.15) is 0 Å². The largest absolute Gasteiger partial charge is 0.388 e. The molecule has 0 radical (unpaired) electrons. The Bertz CT molecular complexity index is 731. The van der Waals surface area contributed by atoms with Crippen molar-refractivity contribution in [1.29, 1.82) is 0 Å². The fourth-order valence-corrected chi connectivity index (χ4v) is 2.74. The van der Waals surface area contributed by atoms with Gasteiger partial charge in [0.05, 0.1) is 6.10 Å². The van der Waals surface area contributed by atoms with Crippen LogP contribution in [-0.2, 0) is 6.42 Å². The molecule has 1 N–H and O–H groups in total. The summed E-state index contributed by atoms with van der Waals surface area (Å²) in [7, 11) is 0. The quantitative estimate of drug-likeness (QED) is 0.734. The Hall–Kier alpha value is -1.83. The highest BCUT2D eigenvalue weighted by atomic mass is 35.5. The summed E-state index contributed by atoms with van der Waals surface area (Å²) in [6, 6.07) is 21.8. The predicted octanol–water partition coefficient (Wildman–Crippen LogP) is 4.77. The maximum atomic E-state index is 10.5. The van der Waals surface area contributed by atoms with E-state index < -0.39 is 6.10 Å². The van der Waals surface area contributed by atoms with Crippen molar-refractivity contribution in [3.8, 4) is 0 Å². The van der Waals surface area contributed by atoms with Gasteiger partial charge < -0.3 is 5.11 Å². The first-order chi connectivity index (χ1) is 9.75. The second-order valence-electron chi connectivity index (χ2n) is 4.88. The molecule has 0 spiro atoms. The zero-order valence-electron chi connectivity index (χ0n) is 11.0. The number of benzene rings is 3. The van der Waals surface area contributed by atoms with Crippen molar-refractivity contribution in [3.05, 3.63) is 82.9 Å². The van der Waals surface area contributed by atoms with Gasteiger partial charge in [-0.15, -0.1) is 0 Å². The van der Waals surface area contributed by atoms with Crippen molar-refractivity contribution in [2.75, 3.05) is 0 Å². The zero-order chi connectivity index (χ0) is 13.9. The minimum absolute atomic E-state index is 0.522. The standard InChI is InChI=1S/C18H15ClO/c19-17-11-4-2-7-14(17)12-18(20)16-10-5-8-13-6-1-3-9-15(13)16/h1-11,18,20H,12H2. The smallest absolute Gasteiger partial charge is 0.0836 e. The summed E-state index contributed by atoms with van der Waals surface area (Å²) in [5.41, 5.74) is 1.91. The first-order valence-electron chi connectivity index (χ1n) is 6.65. The third kappa shape index (κ3) is 2.55. The third-order valence-corrected chi connectivity index (χ3v) is 3.92. The summed E-state index contributed by atoms with van der Waals surface area (Å²) < 4.78 is 0. The summed E-state index contributed by atoms with van der Waals surface area (Å²) in [6.07, 6.45) is -0.0331. The van der Waals surface area contributed by atoms with Crippen molar-refractivity contribution in [2.45, 2.75) is 12.5 Å². The van der Waals surface area contributed by atoms with Crippen LogP contribution in [0.5, 0.6) is 0 Å². The molecule has 0 saturated carbocycles. The molecule has 0 saturated heterocycles. The van der Waals surface area contributed by atoms with Crippen molar-refractivity contribution < 1.29 is 5.11 Å². The van der Waals surface area contributed by atoms with Crippen LogP contribution in [0.3, 0.4) is 0 Å². The molecular weight excluding hydrogens is 268 g/mol. The SMILES string of the molecule is OC(Cc1ccccc1Cl)c1cccc2ccccc12. The highest BCUT2D eigenvalue weighted by molar-refractivity contribution is 6.31. The Balaban J connectivity index is 1.97. The average Bonchev–Trinajstić information content (AvgIpc) is 2.49. The van der Waals surface area contributed by atoms with Crippen LogP contribution in [0.2, 0.25) is 5.02 Å². The Morgan fingerprint density at radius 1 is 0.850 bits per heavy atom. The van der Waals surface area contributed by atoms with Gasteiger partial charge in [0.25, 0.3) is 0 Å². The summed E-state index contributed by atoms with van der Waals surface area (Å²) >= 11 is 6.16. The molecule has 1 atom stereocenters. The monoisotopic (exact) mass is 282 g/mol. The third-order valence-electron chi connectivity index (χ3n) is 3.55. The van der Waals surface area contributed by atoms with Crippen LogP contribution in [-0.4, -0.2) is 5.11 Å². The lowest BCUT2D eigenvalue weighted by Gasteiger charge is -2.14. The first-order valence-corrected chi connectivity index (χ1v) is 7.02. The number of halogens is 1. The molecule has 3 aromatic rings. The van der Waals surface area contributed by atoms with E-state index in [-0.39, 0.29) is 0 Å². The molecule has 3 aromatic carbocycles. The lowest BCUT2D eigenvalue weighted by atomic mass is 9.96. The van der Waals surface area contributed by atoms with E-state index in [1.165, 1.54) is 0 Å². The number of rotatable bonds is 3. The zero-order valence-corrected chi connectivity index (χ0v) is 11.7. The second-order valence-corrected chi connectivity index (χ2v) is 5.29. The molecule has 1 nitrogen and oxygen atoms in total. The van der Waals surface area contributed by atoms with Crippen molar-refractivity contribution in [3.63, 3.8) is 0 Å². The molecule has 3 rings (SSSR count). The van der Waals surface area contributed by atoms with E-state index in [1.807, 2.05) is 54.6 Å². The second kappa shape index (κ2) is 5.66. The van der Waals surface area contributed by atoms with E-state index in [1.54, 1.807) is 0 Å². The summed E-state index contributed by atoms with van der Waals surface area (Å²) in [6.45, 7) is 0. The van der Waals surface area contributed by atoms with E-state index >= 15 is 0 Å². The molecule has 0 fully saturated rings. The normalized spacial score (nSPS) is 12.5. The predicted molar refractivity (Wildman–Crippen MR) is 84.1 cm³/mol. The number of hydrogen-bond donors (Lipinski definition) is 1. The molecule has 20 heavy (non-hydrogen) atoms. The number of fused-ring (bicyclic) bond motifs is 1. The molecule has 2 heteroatoms. The summed E-state index contributed by atoms with van der Waals surface area (Å²) in [4.78, 5) is 0. The van der Waals surface area contributed by atoms with Gasteiger partial charge >= 0.3 is 0 Å². The molecule has 1 unspecified atom stereocenters. The van der Waals surface area contributed by atoms with Gasteiger partial charge in [-0.25, -0.2) is 0 Å². The van der Waals surface area contributed by atoms with Crippen molar-refractivity contribution >= 4 is 22.4 Å². The number of aliphatic hydroxyl groups is 1. The van der Waals surface area contributed by atoms with Gasteiger partial charge in [0.15, 0.2) is 0 Å². The van der Waals surface area contributed by atoms with Crippen LogP contribution in [0.25, 0.3) is 10.8 Å². The topological polar surface area (TPSA) is 20.2 Å². The Morgan fingerprint density at radius 2 is 1.55 bits per heavy atom. The molecule has 100 valence electrons. The van der Waals surface area contributed by atoms with Crippen LogP contribution in [0.1, 0.15) is 17.2 Å². The number of aliphatic hydroxyl groups excluding tert-OH is 1. The molecule has 0 amide bonds. The number of hydrogen-bond acceptors (Lipinski definition) is 1. The van der Waals surface area contributed by atoms with Crippen molar-refractivity contribution in [1.82, 2.24) is 0 Å². The lowest BCUT2D eigenvalue weighted by molar-refractivity contribution is 0.180. The lowest BCUT2D eigenvalue weighted by Crippen LogP contribution is -2.03. The van der Waals surface area contributed by atoms with Crippen LogP contribution in [0.4, 0.5) is 0 Å². The minimum atomic E-state index is -0.555. The Morgan fingerprint density at radius 3 is 2.40 bits per heavy atom. The summed E-state index contributed by atoms with van der Waals surface area (Å²) in [5.74, 6) is 0. The highest BCUT2D eigenvalue weighted by Crippen LogP contribution is 2.28. The van der Waals surface area contributed by atoms with E-state index in [0.29, 0.717) is 11.4 Å². The maximum absolute atomic E-state index is 10.5. The van der Waals surface area contributed by atoms with E-state index in [9.17, 15) is 5.11 Å². The molecule has 0 aliphatic heterocycles. The van der Waals surface area contributed by atoms with E-state index in [2.05, 4.69) is 12.1 Å². The fourth-order valence-electron chi connectivity index (χ4n) is 2.52. The Kier molecular flexibility index (Phi) is 3.72. The van der Waals surface area contributed by atoms with Crippen molar-refractivity contribution in [2.24, 2.45) is 0 Å². The van der Waals surface area contributed by atoms with Crippen LogP contribution >= 0.6 is 11.6 Å². The van der Waals surface area contributed by atoms with Crippen LogP contribution in [0.15, 0.2) is 66.7 Å².